The van der Waals surface area contributed by atoms with Gasteiger partial charge in [-0.25, -0.2) is 9.82 Å². The Morgan fingerprint density at radius 2 is 2.00 bits per heavy atom. The maximum absolute atomic E-state index is 12.7. The van der Waals surface area contributed by atoms with Gasteiger partial charge in [0, 0.05) is 0 Å². The Morgan fingerprint density at radius 3 is 2.67 bits per heavy atom. The molecule has 0 bridgehead atoms. The predicted octanol–water partition coefficient (Wildman–Crippen LogP) is 2.83. The Morgan fingerprint density at radius 1 is 1.29 bits per heavy atom. The van der Waals surface area contributed by atoms with Crippen molar-refractivity contribution in [1.82, 2.24) is 5.43 Å². The van der Waals surface area contributed by atoms with E-state index in [4.69, 9.17) is 0 Å². The molecule has 0 unspecified atom stereocenters. The molecule has 0 fully saturated rings. The van der Waals surface area contributed by atoms with Crippen LogP contribution >= 0.6 is 22.6 Å². The number of aromatic hydroxyl groups is 1. The molecular formula is C15H12FIN2O2. The molecule has 0 aliphatic carbocycles. The summed E-state index contributed by atoms with van der Waals surface area (Å²) in [6.45, 7) is 0. The lowest BCUT2D eigenvalue weighted by molar-refractivity contribution is -0.120. The predicted molar refractivity (Wildman–Crippen MR) is 86.7 cm³/mol. The van der Waals surface area contributed by atoms with Crippen LogP contribution in [0.2, 0.25) is 0 Å². The number of nitrogens with zero attached hydrogens (tertiary/aromatic N) is 1. The van der Waals surface area contributed by atoms with E-state index >= 15 is 0 Å². The van der Waals surface area contributed by atoms with Crippen molar-refractivity contribution in [3.63, 3.8) is 0 Å². The largest absolute Gasteiger partial charge is 0.507 e. The van der Waals surface area contributed by atoms with Crippen molar-refractivity contribution in [3.8, 4) is 5.75 Å². The summed E-state index contributed by atoms with van der Waals surface area (Å²) in [6.07, 6.45) is 1.62. The van der Waals surface area contributed by atoms with Crippen LogP contribution in [0, 0.1) is 9.39 Å². The van der Waals surface area contributed by atoms with Crippen LogP contribution in [0.5, 0.6) is 5.75 Å². The quantitative estimate of drug-likeness (QED) is 0.473. The van der Waals surface area contributed by atoms with E-state index in [-0.39, 0.29) is 23.9 Å². The van der Waals surface area contributed by atoms with Crippen LogP contribution in [0.15, 0.2) is 47.6 Å². The molecule has 0 heterocycles. The Balaban J connectivity index is 1.89. The number of nitrogens with one attached hydrogen (secondary N) is 1. The number of hydrogen-bond acceptors (Lipinski definition) is 3. The Kier molecular flexibility index (Phi) is 5.26. The van der Waals surface area contributed by atoms with Crippen molar-refractivity contribution in [2.45, 2.75) is 6.42 Å². The van der Waals surface area contributed by atoms with Crippen LogP contribution in [0.25, 0.3) is 0 Å². The molecule has 2 aromatic rings. The van der Waals surface area contributed by atoms with Gasteiger partial charge in [-0.3, -0.25) is 4.79 Å². The standard InChI is InChI=1S/C15H12FIN2O2/c16-12-4-1-10(2-5-12)8-15(21)19-18-9-11-3-6-14(20)13(17)7-11/h1-7,9,20H,8H2,(H,19,21)/b18-9+. The lowest BCUT2D eigenvalue weighted by atomic mass is 10.1. The monoisotopic (exact) mass is 398 g/mol. The molecule has 0 aromatic heterocycles. The fourth-order valence-corrected chi connectivity index (χ4v) is 2.15. The number of benzene rings is 2. The second kappa shape index (κ2) is 7.16. The molecule has 108 valence electrons. The van der Waals surface area contributed by atoms with Gasteiger partial charge < -0.3 is 5.11 Å². The Hall–Kier alpha value is -1.96. The lowest BCUT2D eigenvalue weighted by Gasteiger charge is -2.01. The highest BCUT2D eigenvalue weighted by atomic mass is 127. The smallest absolute Gasteiger partial charge is 0.244 e. The molecule has 0 saturated carbocycles. The van der Waals surface area contributed by atoms with Gasteiger partial charge in [0.2, 0.25) is 5.91 Å². The van der Waals surface area contributed by atoms with Crippen LogP contribution in [-0.2, 0) is 11.2 Å². The van der Waals surface area contributed by atoms with Crippen molar-refractivity contribution in [2.75, 3.05) is 0 Å². The van der Waals surface area contributed by atoms with Crippen molar-refractivity contribution < 1.29 is 14.3 Å². The van der Waals surface area contributed by atoms with Gasteiger partial charge in [-0.05, 0) is 64.0 Å². The first-order valence-corrected chi connectivity index (χ1v) is 7.17. The van der Waals surface area contributed by atoms with Gasteiger partial charge in [0.05, 0.1) is 16.2 Å². The summed E-state index contributed by atoms with van der Waals surface area (Å²) in [5.74, 6) is -0.418. The Bertz CT molecular complexity index is 672. The van der Waals surface area contributed by atoms with E-state index in [2.05, 4.69) is 10.5 Å². The average Bonchev–Trinajstić information content (AvgIpc) is 2.45. The maximum Gasteiger partial charge on any atom is 0.244 e. The number of carbonyl (C=O) groups is 1. The first-order valence-electron chi connectivity index (χ1n) is 6.09. The molecule has 2 N–H and O–H groups in total. The highest BCUT2D eigenvalue weighted by Crippen LogP contribution is 2.19. The minimum Gasteiger partial charge on any atom is -0.507 e. The van der Waals surface area contributed by atoms with Crippen LogP contribution in [0.4, 0.5) is 4.39 Å². The third kappa shape index (κ3) is 4.82. The summed E-state index contributed by atoms with van der Waals surface area (Å²) < 4.78 is 13.4. The number of phenols is 1. The van der Waals surface area contributed by atoms with Crippen LogP contribution in [0.1, 0.15) is 11.1 Å². The fraction of sp³-hybridized carbons (Fsp3) is 0.0667. The van der Waals surface area contributed by atoms with Crippen LogP contribution in [-0.4, -0.2) is 17.2 Å². The van der Waals surface area contributed by atoms with Crippen molar-refractivity contribution in [1.29, 1.82) is 0 Å². The summed E-state index contributed by atoms with van der Waals surface area (Å²) in [5.41, 5.74) is 3.87. The summed E-state index contributed by atoms with van der Waals surface area (Å²) in [7, 11) is 0. The SMILES string of the molecule is O=C(Cc1ccc(F)cc1)N/N=C/c1ccc(O)c(I)c1. The zero-order chi connectivity index (χ0) is 15.2. The number of rotatable bonds is 4. The third-order valence-corrected chi connectivity index (χ3v) is 3.52. The number of hydrazone groups is 1. The van der Waals surface area contributed by atoms with E-state index in [9.17, 15) is 14.3 Å². The summed E-state index contributed by atoms with van der Waals surface area (Å²) in [5, 5.41) is 13.2. The molecule has 2 aromatic carbocycles. The number of hydrogen-bond donors (Lipinski definition) is 2. The van der Waals surface area contributed by atoms with Gasteiger partial charge in [-0.2, -0.15) is 5.10 Å². The molecule has 2 rings (SSSR count). The molecular weight excluding hydrogens is 386 g/mol. The molecule has 21 heavy (non-hydrogen) atoms. The molecule has 6 heteroatoms. The zero-order valence-corrected chi connectivity index (χ0v) is 13.0. The molecule has 0 saturated heterocycles. The molecule has 0 spiro atoms. The second-order valence-electron chi connectivity index (χ2n) is 4.31. The number of amides is 1. The van der Waals surface area contributed by atoms with Gasteiger partial charge in [0.1, 0.15) is 11.6 Å². The van der Waals surface area contributed by atoms with Crippen LogP contribution in [0.3, 0.4) is 0 Å². The molecule has 0 aliphatic rings. The van der Waals surface area contributed by atoms with E-state index in [0.29, 0.717) is 9.13 Å². The van der Waals surface area contributed by atoms with Crippen LogP contribution < -0.4 is 5.43 Å². The molecule has 0 aliphatic heterocycles. The van der Waals surface area contributed by atoms with Crippen molar-refractivity contribution in [3.05, 3.63) is 63.0 Å². The first kappa shape index (κ1) is 15.4. The lowest BCUT2D eigenvalue weighted by Crippen LogP contribution is -2.19. The zero-order valence-electron chi connectivity index (χ0n) is 10.9. The molecule has 1 amide bonds. The first-order chi connectivity index (χ1) is 10.0. The van der Waals surface area contributed by atoms with E-state index in [0.717, 1.165) is 5.56 Å². The van der Waals surface area contributed by atoms with Crippen molar-refractivity contribution >= 4 is 34.7 Å². The average molecular weight is 398 g/mol. The van der Waals surface area contributed by atoms with Gasteiger partial charge in [0.15, 0.2) is 0 Å². The summed E-state index contributed by atoms with van der Waals surface area (Å²) >= 11 is 2.00. The number of carbonyl (C=O) groups excluding carboxylic acids is 1. The summed E-state index contributed by atoms with van der Waals surface area (Å²) in [6, 6.07) is 10.7. The highest BCUT2D eigenvalue weighted by molar-refractivity contribution is 14.1. The minimum atomic E-state index is -0.334. The highest BCUT2D eigenvalue weighted by Gasteiger charge is 2.02. The van der Waals surface area contributed by atoms with E-state index in [1.807, 2.05) is 22.6 Å². The number of halogens is 2. The molecule has 0 atom stereocenters. The van der Waals surface area contributed by atoms with Gasteiger partial charge in [-0.1, -0.05) is 12.1 Å². The van der Waals surface area contributed by atoms with Crippen molar-refractivity contribution in [2.24, 2.45) is 5.10 Å². The van der Waals surface area contributed by atoms with E-state index in [1.54, 1.807) is 30.3 Å². The minimum absolute atomic E-state index is 0.130. The molecule has 4 nitrogen and oxygen atoms in total. The van der Waals surface area contributed by atoms with Gasteiger partial charge in [-0.15, -0.1) is 0 Å². The third-order valence-electron chi connectivity index (χ3n) is 2.65. The van der Waals surface area contributed by atoms with E-state index < -0.39 is 0 Å². The van der Waals surface area contributed by atoms with E-state index in [1.165, 1.54) is 18.3 Å². The topological polar surface area (TPSA) is 61.7 Å². The normalized spacial score (nSPS) is 10.8. The number of phenolic OH excluding ortho intramolecular Hbond substituents is 1. The Labute approximate surface area is 134 Å². The maximum atomic E-state index is 12.7. The van der Waals surface area contributed by atoms with Gasteiger partial charge >= 0.3 is 0 Å². The second-order valence-corrected chi connectivity index (χ2v) is 5.47. The van der Waals surface area contributed by atoms with Gasteiger partial charge in [0.25, 0.3) is 0 Å². The molecule has 0 radical (unpaired) electrons. The summed E-state index contributed by atoms with van der Waals surface area (Å²) in [4.78, 5) is 11.6. The fourth-order valence-electron chi connectivity index (χ4n) is 1.61.